The predicted molar refractivity (Wildman–Crippen MR) is 98.8 cm³/mol. The van der Waals surface area contributed by atoms with Crippen LogP contribution in [-0.4, -0.2) is 42.7 Å². The first kappa shape index (κ1) is 18.2. The molecule has 124 valence electrons. The zero-order chi connectivity index (χ0) is 15.7. The molecule has 0 aliphatic carbocycles. The van der Waals surface area contributed by atoms with E-state index in [1.165, 1.54) is 24.3 Å². The number of hydrogen-bond acceptors (Lipinski definition) is 4. The highest BCUT2D eigenvalue weighted by Crippen LogP contribution is 2.54. The van der Waals surface area contributed by atoms with Gasteiger partial charge in [0.25, 0.3) is 0 Å². The first-order chi connectivity index (χ1) is 9.73. The van der Waals surface area contributed by atoms with Crippen molar-refractivity contribution in [2.24, 2.45) is 11.8 Å². The van der Waals surface area contributed by atoms with Gasteiger partial charge in [0.2, 0.25) is 0 Å². The lowest BCUT2D eigenvalue weighted by Crippen LogP contribution is -2.47. The Hall–Kier alpha value is 0.837. The van der Waals surface area contributed by atoms with Gasteiger partial charge in [0.15, 0.2) is 8.32 Å². The molecule has 0 amide bonds. The van der Waals surface area contributed by atoms with Crippen LogP contribution in [0.5, 0.6) is 0 Å². The molecular weight excluding hydrogens is 316 g/mol. The number of rotatable bonds is 7. The standard InChI is InChI=1S/C16H32O2S2Si/c1-12(2)15(18-21(4,5)6)13(3)16(10-14-11-17-14)19-8-7-9-20-16/h12-15H,7-11H2,1-6H3/t13-,14-,15+/m1/s1. The van der Waals surface area contributed by atoms with Crippen molar-refractivity contribution >= 4 is 31.8 Å². The second-order valence-corrected chi connectivity index (χ2v) is 15.3. The van der Waals surface area contributed by atoms with Crippen LogP contribution < -0.4 is 0 Å². The highest BCUT2D eigenvalue weighted by Gasteiger charge is 2.48. The smallest absolute Gasteiger partial charge is 0.184 e. The summed E-state index contributed by atoms with van der Waals surface area (Å²) in [6.45, 7) is 15.0. The van der Waals surface area contributed by atoms with E-state index in [4.69, 9.17) is 9.16 Å². The third-order valence-electron chi connectivity index (χ3n) is 4.23. The zero-order valence-corrected chi connectivity index (χ0v) is 17.1. The van der Waals surface area contributed by atoms with Gasteiger partial charge < -0.3 is 9.16 Å². The molecule has 2 aliphatic rings. The first-order valence-electron chi connectivity index (χ1n) is 8.31. The van der Waals surface area contributed by atoms with Crippen LogP contribution in [0, 0.1) is 11.8 Å². The summed E-state index contributed by atoms with van der Waals surface area (Å²) in [5.41, 5.74) is 0. The molecule has 2 rings (SSSR count). The molecule has 2 nitrogen and oxygen atoms in total. The van der Waals surface area contributed by atoms with Gasteiger partial charge in [-0.1, -0.05) is 20.8 Å². The lowest BCUT2D eigenvalue weighted by molar-refractivity contribution is 0.0814. The molecule has 2 heterocycles. The van der Waals surface area contributed by atoms with Gasteiger partial charge >= 0.3 is 0 Å². The van der Waals surface area contributed by atoms with Crippen molar-refractivity contribution in [1.82, 2.24) is 0 Å². The molecule has 0 aromatic carbocycles. The second-order valence-electron chi connectivity index (χ2n) is 7.75. The summed E-state index contributed by atoms with van der Waals surface area (Å²) in [6, 6.07) is 0. The predicted octanol–water partition coefficient (Wildman–Crippen LogP) is 4.85. The molecule has 0 bridgehead atoms. The van der Waals surface area contributed by atoms with E-state index in [2.05, 4.69) is 63.9 Å². The molecule has 0 aromatic rings. The number of thioether (sulfide) groups is 2. The van der Waals surface area contributed by atoms with Gasteiger partial charge in [-0.2, -0.15) is 0 Å². The Kier molecular flexibility index (Phi) is 6.20. The minimum absolute atomic E-state index is 0.300. The van der Waals surface area contributed by atoms with Gasteiger partial charge in [-0.25, -0.2) is 0 Å². The minimum Gasteiger partial charge on any atom is -0.414 e. The highest BCUT2D eigenvalue weighted by atomic mass is 32.2. The van der Waals surface area contributed by atoms with Gasteiger partial charge in [-0.3, -0.25) is 0 Å². The SMILES string of the molecule is CC(C)[C@H](O[Si](C)(C)C)[C@@H](C)C1(C[C@@H]2CO2)SCCCS1. The molecule has 2 fully saturated rings. The summed E-state index contributed by atoms with van der Waals surface area (Å²) in [4.78, 5) is 0. The maximum absolute atomic E-state index is 6.61. The summed E-state index contributed by atoms with van der Waals surface area (Å²) < 4.78 is 12.5. The fraction of sp³-hybridized carbons (Fsp3) is 1.00. The van der Waals surface area contributed by atoms with E-state index in [0.29, 0.717) is 28.1 Å². The van der Waals surface area contributed by atoms with Crippen LogP contribution in [0.25, 0.3) is 0 Å². The van der Waals surface area contributed by atoms with Crippen LogP contribution >= 0.6 is 23.5 Å². The van der Waals surface area contributed by atoms with Crippen molar-refractivity contribution in [3.05, 3.63) is 0 Å². The van der Waals surface area contributed by atoms with E-state index < -0.39 is 8.32 Å². The molecule has 0 spiro atoms. The molecule has 0 N–H and O–H groups in total. The van der Waals surface area contributed by atoms with Crippen molar-refractivity contribution in [1.29, 1.82) is 0 Å². The Morgan fingerprint density at radius 3 is 2.19 bits per heavy atom. The zero-order valence-electron chi connectivity index (χ0n) is 14.5. The van der Waals surface area contributed by atoms with E-state index >= 15 is 0 Å². The quantitative estimate of drug-likeness (QED) is 0.484. The Labute approximate surface area is 140 Å². The summed E-state index contributed by atoms with van der Waals surface area (Å²) >= 11 is 4.35. The van der Waals surface area contributed by atoms with Crippen molar-refractivity contribution in [2.45, 2.75) is 69.5 Å². The number of hydrogen-bond donors (Lipinski definition) is 0. The molecule has 5 heteroatoms. The third kappa shape index (κ3) is 5.16. The average Bonchev–Trinajstić information content (AvgIpc) is 3.19. The van der Waals surface area contributed by atoms with Crippen LogP contribution in [-0.2, 0) is 9.16 Å². The highest BCUT2D eigenvalue weighted by molar-refractivity contribution is 8.18. The number of epoxide rings is 1. The lowest BCUT2D eigenvalue weighted by Gasteiger charge is -2.46. The van der Waals surface area contributed by atoms with Gasteiger partial charge in [0.05, 0.1) is 22.9 Å². The maximum atomic E-state index is 6.61. The van der Waals surface area contributed by atoms with E-state index in [1.807, 2.05) is 0 Å². The van der Waals surface area contributed by atoms with Gasteiger partial charge in [-0.05, 0) is 49.9 Å². The molecule has 0 aromatic heterocycles. The molecule has 2 saturated heterocycles. The fourth-order valence-corrected chi connectivity index (χ4v) is 8.11. The molecule has 2 aliphatic heterocycles. The molecule has 3 atom stereocenters. The van der Waals surface area contributed by atoms with Gasteiger partial charge in [-0.15, -0.1) is 23.5 Å². The second kappa shape index (κ2) is 7.16. The van der Waals surface area contributed by atoms with Crippen molar-refractivity contribution in [3.8, 4) is 0 Å². The van der Waals surface area contributed by atoms with Gasteiger partial charge in [0, 0.05) is 5.92 Å². The Bertz CT molecular complexity index is 334. The minimum atomic E-state index is -1.52. The summed E-state index contributed by atoms with van der Waals surface area (Å²) in [7, 11) is -1.52. The van der Waals surface area contributed by atoms with E-state index in [0.717, 1.165) is 6.61 Å². The summed E-state index contributed by atoms with van der Waals surface area (Å²) in [5, 5.41) is 0. The number of ether oxygens (including phenoxy) is 1. The third-order valence-corrected chi connectivity index (χ3v) is 8.96. The average molecular weight is 349 g/mol. The maximum Gasteiger partial charge on any atom is 0.184 e. The lowest BCUT2D eigenvalue weighted by atomic mass is 9.89. The Morgan fingerprint density at radius 1 is 1.19 bits per heavy atom. The molecule has 0 radical (unpaired) electrons. The van der Waals surface area contributed by atoms with Crippen molar-refractivity contribution in [2.75, 3.05) is 18.1 Å². The van der Waals surface area contributed by atoms with Crippen LogP contribution in [0.15, 0.2) is 0 Å². The largest absolute Gasteiger partial charge is 0.414 e. The first-order valence-corrected chi connectivity index (χ1v) is 13.7. The summed E-state index contributed by atoms with van der Waals surface area (Å²) in [5.74, 6) is 3.74. The van der Waals surface area contributed by atoms with Crippen LogP contribution in [0.2, 0.25) is 19.6 Å². The molecule has 0 unspecified atom stereocenters. The van der Waals surface area contributed by atoms with Crippen LogP contribution in [0.1, 0.15) is 33.6 Å². The Balaban J connectivity index is 2.15. The van der Waals surface area contributed by atoms with Crippen molar-refractivity contribution in [3.63, 3.8) is 0 Å². The monoisotopic (exact) mass is 348 g/mol. The van der Waals surface area contributed by atoms with Gasteiger partial charge in [0.1, 0.15) is 0 Å². The summed E-state index contributed by atoms with van der Waals surface area (Å²) in [6.07, 6.45) is 3.41. The van der Waals surface area contributed by atoms with Crippen LogP contribution in [0.4, 0.5) is 0 Å². The normalized spacial score (nSPS) is 28.4. The molecular formula is C16H32O2S2Si. The topological polar surface area (TPSA) is 21.8 Å². The van der Waals surface area contributed by atoms with E-state index in [1.54, 1.807) is 0 Å². The van der Waals surface area contributed by atoms with E-state index in [-0.39, 0.29) is 0 Å². The molecule has 0 saturated carbocycles. The van der Waals surface area contributed by atoms with Crippen LogP contribution in [0.3, 0.4) is 0 Å². The van der Waals surface area contributed by atoms with E-state index in [9.17, 15) is 0 Å². The molecule has 21 heavy (non-hydrogen) atoms. The van der Waals surface area contributed by atoms with Crippen molar-refractivity contribution < 1.29 is 9.16 Å². The Morgan fingerprint density at radius 2 is 1.76 bits per heavy atom. The fourth-order valence-electron chi connectivity index (χ4n) is 3.13.